The van der Waals surface area contributed by atoms with Gasteiger partial charge in [0, 0.05) is 7.85 Å². The van der Waals surface area contributed by atoms with Gasteiger partial charge in [0.1, 0.15) is 5.78 Å². The van der Waals surface area contributed by atoms with Crippen molar-refractivity contribution in [2.24, 2.45) is 0 Å². The Morgan fingerprint density at radius 2 is 1.76 bits per heavy atom. The molecule has 0 unspecified atom stereocenters. The molecule has 0 bridgehead atoms. The van der Waals surface area contributed by atoms with E-state index in [1.807, 2.05) is 31.2 Å². The van der Waals surface area contributed by atoms with Crippen molar-refractivity contribution in [3.63, 3.8) is 0 Å². The number of alkyl halides is 2. The maximum Gasteiger partial charge on any atom is 0.586 e. The summed E-state index contributed by atoms with van der Waals surface area (Å²) in [5, 5.41) is 9.29. The molecule has 0 saturated heterocycles. The lowest BCUT2D eigenvalue weighted by Crippen LogP contribution is -2.26. The van der Waals surface area contributed by atoms with Crippen molar-refractivity contribution in [2.75, 3.05) is 0 Å². The first kappa shape index (κ1) is 21.1. The maximum atomic E-state index is 13.4. The van der Waals surface area contributed by atoms with Gasteiger partial charge in [0.25, 0.3) is 0 Å². The summed E-state index contributed by atoms with van der Waals surface area (Å²) in [5.41, 5.74) is 3.52. The molecule has 0 radical (unpaired) electrons. The molecule has 7 heteroatoms. The van der Waals surface area contributed by atoms with Crippen LogP contribution in [-0.2, 0) is 16.6 Å². The number of aryl methyl sites for hydroxylation is 1. The molecule has 5 rings (SSSR count). The first-order chi connectivity index (χ1) is 15.7. The number of carbonyl (C=O) groups excluding carboxylic acids is 1. The van der Waals surface area contributed by atoms with E-state index < -0.39 is 17.7 Å². The van der Waals surface area contributed by atoms with Crippen molar-refractivity contribution in [3.8, 4) is 22.6 Å². The predicted octanol–water partition coefficient (Wildman–Crippen LogP) is 5.77. The molecule has 5 nitrogen and oxygen atoms in total. The summed E-state index contributed by atoms with van der Waals surface area (Å²) in [6, 6.07) is 16.9. The number of fused-ring (bicyclic) bond motifs is 1. The van der Waals surface area contributed by atoms with Gasteiger partial charge in [-0.15, -0.1) is 8.78 Å². The Morgan fingerprint density at radius 1 is 1.00 bits per heavy atom. The zero-order valence-electron chi connectivity index (χ0n) is 17.7. The van der Waals surface area contributed by atoms with Crippen molar-refractivity contribution in [2.45, 2.75) is 37.9 Å². The van der Waals surface area contributed by atoms with Crippen molar-refractivity contribution >= 4 is 11.8 Å². The van der Waals surface area contributed by atoms with Gasteiger partial charge in [0.2, 0.25) is 0 Å². The average molecular weight is 452 g/mol. The first-order valence-corrected chi connectivity index (χ1v) is 10.5. The van der Waals surface area contributed by atoms with Gasteiger partial charge >= 0.3 is 12.3 Å². The molecule has 170 valence electrons. The molecule has 0 aromatic heterocycles. The lowest BCUT2D eigenvalue weighted by atomic mass is 9.86. The summed E-state index contributed by atoms with van der Waals surface area (Å²) < 4.78 is 35.7. The molecule has 1 heterocycles. The molecule has 3 aromatic carbocycles. The van der Waals surface area contributed by atoms with Crippen LogP contribution >= 0.6 is 0 Å². The minimum Gasteiger partial charge on any atom is -0.478 e. The molecule has 33 heavy (non-hydrogen) atoms. The Kier molecular flexibility index (Phi) is 4.74. The van der Waals surface area contributed by atoms with Crippen molar-refractivity contribution in [3.05, 3.63) is 82.9 Å². The number of hydrogen-bond acceptors (Lipinski definition) is 4. The van der Waals surface area contributed by atoms with E-state index in [1.165, 1.54) is 18.2 Å². The van der Waals surface area contributed by atoms with Crippen LogP contribution in [0.5, 0.6) is 11.5 Å². The van der Waals surface area contributed by atoms with Crippen LogP contribution in [-0.4, -0.2) is 23.2 Å². The molecular weight excluding hydrogens is 430 g/mol. The number of aromatic carboxylic acids is 1. The highest BCUT2D eigenvalue weighted by atomic mass is 19.3. The number of ketones is 1. The van der Waals surface area contributed by atoms with Crippen LogP contribution in [0.1, 0.15) is 41.3 Å². The van der Waals surface area contributed by atoms with Gasteiger partial charge in [-0.2, -0.15) is 0 Å². The van der Waals surface area contributed by atoms with E-state index in [2.05, 4.69) is 9.47 Å². The number of Topliss-reactive ketones (excluding diaryl/α,β-unsaturated/α-hetero) is 1. The zero-order valence-corrected chi connectivity index (χ0v) is 17.7. The van der Waals surface area contributed by atoms with E-state index in [4.69, 9.17) is 0 Å². The summed E-state index contributed by atoms with van der Waals surface area (Å²) in [6.07, 6.45) is -2.24. The maximum absolute atomic E-state index is 13.4. The third-order valence-electron chi connectivity index (χ3n) is 6.32. The van der Waals surface area contributed by atoms with Crippen molar-refractivity contribution < 1.29 is 34.4 Å². The first-order valence-electron chi connectivity index (χ1n) is 10.5. The Hall–Kier alpha value is -3.74. The Balaban J connectivity index is 0.00000274. The Bertz CT molecular complexity index is 1300. The van der Waals surface area contributed by atoms with Crippen molar-refractivity contribution in [1.82, 2.24) is 0 Å². The lowest BCUT2D eigenvalue weighted by Gasteiger charge is -2.16. The SMILES string of the molecule is Cc1ccc(CC(=O)C2(c3ccc4c(c3)OC(F)(F)O4)CC2)cc1-c1cccc(C(=O)O)c1.[HH]. The van der Waals surface area contributed by atoms with Crippen LogP contribution in [0.15, 0.2) is 60.7 Å². The van der Waals surface area contributed by atoms with Crippen LogP contribution in [0.25, 0.3) is 11.1 Å². The van der Waals surface area contributed by atoms with E-state index in [0.29, 0.717) is 18.4 Å². The fourth-order valence-corrected chi connectivity index (χ4v) is 4.36. The van der Waals surface area contributed by atoms with Gasteiger partial charge in [-0.1, -0.05) is 36.4 Å². The second-order valence-electron chi connectivity index (χ2n) is 8.55. The summed E-state index contributed by atoms with van der Waals surface area (Å²) in [4.78, 5) is 24.6. The number of benzene rings is 3. The number of carboxylic acid groups (broad SMARTS) is 1. The fourth-order valence-electron chi connectivity index (χ4n) is 4.36. The molecule has 3 aromatic rings. The smallest absolute Gasteiger partial charge is 0.478 e. The van der Waals surface area contributed by atoms with Crippen LogP contribution in [0.2, 0.25) is 0 Å². The van der Waals surface area contributed by atoms with E-state index in [9.17, 15) is 23.5 Å². The summed E-state index contributed by atoms with van der Waals surface area (Å²) in [7, 11) is 0. The summed E-state index contributed by atoms with van der Waals surface area (Å²) in [5.74, 6) is -1.11. The normalized spacial score (nSPS) is 16.9. The fraction of sp³-hybridized carbons (Fsp3) is 0.231. The molecule has 2 aliphatic rings. The minimum atomic E-state index is -3.70. The molecule has 0 spiro atoms. The van der Waals surface area contributed by atoms with Gasteiger partial charge < -0.3 is 14.6 Å². The number of carbonyl (C=O) groups is 2. The average Bonchev–Trinajstić information content (AvgIpc) is 3.52. The molecule has 1 aliphatic heterocycles. The number of ether oxygens (including phenoxy) is 2. The largest absolute Gasteiger partial charge is 0.586 e. The molecule has 0 atom stereocenters. The lowest BCUT2D eigenvalue weighted by molar-refractivity contribution is -0.286. The quantitative estimate of drug-likeness (QED) is 0.514. The second-order valence-corrected chi connectivity index (χ2v) is 8.55. The van der Waals surface area contributed by atoms with E-state index in [1.54, 1.807) is 18.2 Å². The van der Waals surface area contributed by atoms with Crippen LogP contribution in [0.4, 0.5) is 8.78 Å². The molecule has 0 amide bonds. The van der Waals surface area contributed by atoms with Crippen LogP contribution < -0.4 is 9.47 Å². The second kappa shape index (κ2) is 7.40. The minimum absolute atomic E-state index is 0. The van der Waals surface area contributed by atoms with Gasteiger partial charge in [-0.05, 0) is 71.8 Å². The monoisotopic (exact) mass is 452 g/mol. The zero-order chi connectivity index (χ0) is 23.4. The highest BCUT2D eigenvalue weighted by Crippen LogP contribution is 2.52. The topological polar surface area (TPSA) is 72.8 Å². The van der Waals surface area contributed by atoms with E-state index in [0.717, 1.165) is 22.3 Å². The number of hydrogen-bond donors (Lipinski definition) is 1. The standard InChI is InChI=1S/C26H20F2O5.H2/c1-15-5-6-16(11-20(15)17-3-2-4-18(13-17)24(30)31)12-23(29)25(9-10-25)19-7-8-21-22(14-19)33-26(27,28)32-21;/h2-8,11,13-14H,9-10,12H2,1H3,(H,30,31);1H. The van der Waals surface area contributed by atoms with Gasteiger partial charge in [0.15, 0.2) is 11.5 Å². The molecule has 1 fully saturated rings. The Labute approximate surface area is 190 Å². The van der Waals surface area contributed by atoms with Crippen LogP contribution in [0.3, 0.4) is 0 Å². The summed E-state index contributed by atoms with van der Waals surface area (Å²) in [6.45, 7) is 1.93. The highest BCUT2D eigenvalue weighted by molar-refractivity contribution is 5.95. The van der Waals surface area contributed by atoms with E-state index in [-0.39, 0.29) is 30.7 Å². The van der Waals surface area contributed by atoms with Crippen molar-refractivity contribution in [1.29, 1.82) is 0 Å². The number of halogens is 2. The molecular formula is C26H22F2O5. The highest BCUT2D eigenvalue weighted by Gasteiger charge is 2.52. The van der Waals surface area contributed by atoms with Gasteiger partial charge in [-0.25, -0.2) is 4.79 Å². The summed E-state index contributed by atoms with van der Waals surface area (Å²) >= 11 is 0. The third-order valence-corrected chi connectivity index (χ3v) is 6.32. The predicted molar refractivity (Wildman–Crippen MR) is 118 cm³/mol. The molecule has 1 aliphatic carbocycles. The number of carboxylic acids is 1. The Morgan fingerprint density at radius 3 is 2.48 bits per heavy atom. The number of rotatable bonds is 6. The van der Waals surface area contributed by atoms with Gasteiger partial charge in [-0.3, -0.25) is 4.79 Å². The molecule has 1 saturated carbocycles. The van der Waals surface area contributed by atoms with E-state index >= 15 is 0 Å². The van der Waals surface area contributed by atoms with Gasteiger partial charge in [0.05, 0.1) is 11.0 Å². The molecule has 1 N–H and O–H groups in total. The third kappa shape index (κ3) is 3.84. The van der Waals surface area contributed by atoms with Crippen LogP contribution in [0, 0.1) is 6.92 Å².